The molecule has 0 spiro atoms. The lowest BCUT2D eigenvalue weighted by molar-refractivity contribution is -0.123. The maximum Gasteiger partial charge on any atom is 0.258 e. The monoisotopic (exact) mass is 354 g/mol. The number of hydrogen-bond donors (Lipinski definition) is 2. The largest absolute Gasteiger partial charge is 0.484 e. The van der Waals surface area contributed by atoms with E-state index in [2.05, 4.69) is 31.3 Å². The normalized spacial score (nSPS) is 11.9. The van der Waals surface area contributed by atoms with Crippen molar-refractivity contribution < 1.29 is 14.3 Å². The van der Waals surface area contributed by atoms with Crippen LogP contribution >= 0.6 is 0 Å². The first kappa shape index (κ1) is 19.7. The van der Waals surface area contributed by atoms with E-state index in [-0.39, 0.29) is 24.3 Å². The fraction of sp³-hybridized carbons (Fsp3) is 0.333. The third kappa shape index (κ3) is 5.70. The Kier molecular flexibility index (Phi) is 6.92. The van der Waals surface area contributed by atoms with E-state index in [9.17, 15) is 9.59 Å². The van der Waals surface area contributed by atoms with Gasteiger partial charge in [0.25, 0.3) is 5.91 Å². The zero-order chi connectivity index (χ0) is 19.1. The Labute approximate surface area is 154 Å². The summed E-state index contributed by atoms with van der Waals surface area (Å²) in [7, 11) is 0. The Bertz CT molecular complexity index is 754. The topological polar surface area (TPSA) is 81.4 Å². The molecule has 0 aliphatic rings. The molecule has 2 rings (SSSR count). The summed E-state index contributed by atoms with van der Waals surface area (Å²) in [5.74, 6) is 0.655. The van der Waals surface area contributed by atoms with Crippen LogP contribution in [0.25, 0.3) is 0 Å². The van der Waals surface area contributed by atoms with E-state index in [4.69, 9.17) is 10.5 Å². The van der Waals surface area contributed by atoms with Crippen LogP contribution in [-0.2, 0) is 4.79 Å². The molecule has 0 aliphatic heterocycles. The minimum atomic E-state index is -0.277. The fourth-order valence-electron chi connectivity index (χ4n) is 2.47. The molecule has 1 atom stereocenters. The Morgan fingerprint density at radius 1 is 1.08 bits per heavy atom. The molecule has 1 amide bonds. The number of rotatable bonds is 8. The first-order chi connectivity index (χ1) is 12.4. The number of hydrogen-bond acceptors (Lipinski definition) is 4. The molecule has 3 N–H and O–H groups in total. The Morgan fingerprint density at radius 2 is 1.73 bits per heavy atom. The van der Waals surface area contributed by atoms with Gasteiger partial charge in [-0.25, -0.2) is 0 Å². The molecule has 138 valence electrons. The van der Waals surface area contributed by atoms with Crippen molar-refractivity contribution in [2.75, 3.05) is 13.2 Å². The molecule has 0 bridgehead atoms. The van der Waals surface area contributed by atoms with Crippen molar-refractivity contribution in [1.82, 2.24) is 5.32 Å². The van der Waals surface area contributed by atoms with Crippen molar-refractivity contribution in [2.45, 2.75) is 32.7 Å². The van der Waals surface area contributed by atoms with E-state index in [0.717, 1.165) is 5.56 Å². The summed E-state index contributed by atoms with van der Waals surface area (Å²) in [5, 5.41) is 2.77. The minimum Gasteiger partial charge on any atom is -0.484 e. The zero-order valence-corrected chi connectivity index (χ0v) is 15.5. The minimum absolute atomic E-state index is 0.0469. The number of nitrogens with two attached hydrogens (primary N) is 1. The molecule has 5 nitrogen and oxygen atoms in total. The van der Waals surface area contributed by atoms with E-state index in [1.165, 1.54) is 12.5 Å². The van der Waals surface area contributed by atoms with Gasteiger partial charge < -0.3 is 15.8 Å². The van der Waals surface area contributed by atoms with E-state index >= 15 is 0 Å². The average Bonchev–Trinajstić information content (AvgIpc) is 2.64. The van der Waals surface area contributed by atoms with Crippen LogP contribution in [-0.4, -0.2) is 24.8 Å². The van der Waals surface area contributed by atoms with Gasteiger partial charge in [-0.1, -0.05) is 50.2 Å². The van der Waals surface area contributed by atoms with Crippen LogP contribution in [0.2, 0.25) is 0 Å². The summed E-state index contributed by atoms with van der Waals surface area (Å²) in [6.45, 7) is 5.97. The molecule has 0 fully saturated rings. The lowest BCUT2D eigenvalue weighted by atomic mass is 9.99. The zero-order valence-electron chi connectivity index (χ0n) is 15.5. The van der Waals surface area contributed by atoms with E-state index < -0.39 is 0 Å². The first-order valence-corrected chi connectivity index (χ1v) is 8.72. The Balaban J connectivity index is 1.81. The summed E-state index contributed by atoms with van der Waals surface area (Å²) >= 11 is 0. The smallest absolute Gasteiger partial charge is 0.258 e. The third-order valence-corrected chi connectivity index (χ3v) is 4.16. The van der Waals surface area contributed by atoms with Crippen LogP contribution < -0.4 is 15.8 Å². The predicted octanol–water partition coefficient (Wildman–Crippen LogP) is 3.21. The number of Topliss-reactive ketones (excluding diaryl/α,β-unsaturated/α-hetero) is 1. The molecule has 5 heteroatoms. The van der Waals surface area contributed by atoms with Gasteiger partial charge in [0.15, 0.2) is 12.4 Å². The van der Waals surface area contributed by atoms with Crippen molar-refractivity contribution in [3.63, 3.8) is 0 Å². The van der Waals surface area contributed by atoms with Crippen LogP contribution in [0, 0.1) is 0 Å². The van der Waals surface area contributed by atoms with Gasteiger partial charge in [0, 0.05) is 18.2 Å². The van der Waals surface area contributed by atoms with Crippen molar-refractivity contribution in [3.05, 3.63) is 65.2 Å². The second kappa shape index (κ2) is 9.15. The van der Waals surface area contributed by atoms with Gasteiger partial charge >= 0.3 is 0 Å². The van der Waals surface area contributed by atoms with Crippen molar-refractivity contribution >= 4 is 11.7 Å². The Morgan fingerprint density at radius 3 is 2.35 bits per heavy atom. The summed E-state index contributed by atoms with van der Waals surface area (Å²) in [6.07, 6.45) is 0. The molecule has 0 saturated heterocycles. The summed E-state index contributed by atoms with van der Waals surface area (Å²) < 4.78 is 5.43. The van der Waals surface area contributed by atoms with Crippen LogP contribution in [0.4, 0.5) is 0 Å². The number of ketones is 1. The molecule has 1 unspecified atom stereocenters. The first-order valence-electron chi connectivity index (χ1n) is 8.72. The van der Waals surface area contributed by atoms with Crippen LogP contribution in [0.15, 0.2) is 48.5 Å². The molecule has 0 heterocycles. The van der Waals surface area contributed by atoms with Crippen molar-refractivity contribution in [1.29, 1.82) is 0 Å². The maximum atomic E-state index is 12.0. The summed E-state index contributed by atoms with van der Waals surface area (Å²) in [6, 6.07) is 14.6. The molecule has 0 aliphatic carbocycles. The van der Waals surface area contributed by atoms with E-state index in [1.807, 2.05) is 12.1 Å². The Hall–Kier alpha value is -2.66. The maximum absolute atomic E-state index is 12.0. The molecule has 0 aromatic heterocycles. The lowest BCUT2D eigenvalue weighted by Crippen LogP contribution is -2.35. The van der Waals surface area contributed by atoms with Crippen LogP contribution in [0.5, 0.6) is 5.75 Å². The van der Waals surface area contributed by atoms with Crippen molar-refractivity contribution in [3.8, 4) is 5.75 Å². The summed E-state index contributed by atoms with van der Waals surface area (Å²) in [4.78, 5) is 23.3. The van der Waals surface area contributed by atoms with Gasteiger partial charge in [-0.05, 0) is 36.1 Å². The molecule has 0 radical (unpaired) electrons. The second-order valence-corrected chi connectivity index (χ2v) is 6.60. The number of benzene rings is 2. The SMILES string of the molecule is CC(=O)c1cccc(OCC(=O)NCC(N)c2ccc(C(C)C)cc2)c1. The number of carbonyl (C=O) groups excluding carboxylic acids is 2. The second-order valence-electron chi connectivity index (χ2n) is 6.60. The third-order valence-electron chi connectivity index (χ3n) is 4.16. The van der Waals surface area contributed by atoms with E-state index in [1.54, 1.807) is 24.3 Å². The number of amides is 1. The van der Waals surface area contributed by atoms with Gasteiger partial charge in [0.05, 0.1) is 0 Å². The van der Waals surface area contributed by atoms with Crippen LogP contribution in [0.1, 0.15) is 54.2 Å². The highest BCUT2D eigenvalue weighted by atomic mass is 16.5. The van der Waals surface area contributed by atoms with Crippen molar-refractivity contribution in [2.24, 2.45) is 5.73 Å². The lowest BCUT2D eigenvalue weighted by Gasteiger charge is -2.15. The number of nitrogens with one attached hydrogen (secondary N) is 1. The quantitative estimate of drug-likeness (QED) is 0.713. The fourth-order valence-corrected chi connectivity index (χ4v) is 2.47. The molecular formula is C21H26N2O3. The highest BCUT2D eigenvalue weighted by molar-refractivity contribution is 5.94. The van der Waals surface area contributed by atoms with Gasteiger partial charge in [0.1, 0.15) is 5.75 Å². The standard InChI is InChI=1S/C21H26N2O3/c1-14(2)16-7-9-17(10-8-16)20(22)12-23-21(25)13-26-19-6-4-5-18(11-19)15(3)24/h4-11,14,20H,12-13,22H2,1-3H3,(H,23,25). The predicted molar refractivity (Wildman–Crippen MR) is 102 cm³/mol. The van der Waals surface area contributed by atoms with Gasteiger partial charge in [0.2, 0.25) is 0 Å². The average molecular weight is 354 g/mol. The summed E-state index contributed by atoms with van der Waals surface area (Å²) in [5.41, 5.74) is 8.92. The highest BCUT2D eigenvalue weighted by Crippen LogP contribution is 2.17. The number of carbonyl (C=O) groups is 2. The van der Waals surface area contributed by atoms with Gasteiger partial charge in [-0.3, -0.25) is 9.59 Å². The van der Waals surface area contributed by atoms with Crippen LogP contribution in [0.3, 0.4) is 0 Å². The van der Waals surface area contributed by atoms with Gasteiger partial charge in [-0.15, -0.1) is 0 Å². The molecule has 0 saturated carbocycles. The molecule has 2 aromatic carbocycles. The molecule has 2 aromatic rings. The molecule has 26 heavy (non-hydrogen) atoms. The van der Waals surface area contributed by atoms with E-state index in [0.29, 0.717) is 23.8 Å². The number of ether oxygens (including phenoxy) is 1. The highest BCUT2D eigenvalue weighted by Gasteiger charge is 2.10. The van der Waals surface area contributed by atoms with Gasteiger partial charge in [-0.2, -0.15) is 0 Å². The molecular weight excluding hydrogens is 328 g/mol.